The molecule has 6 nitrogen and oxygen atoms in total. The first kappa shape index (κ1) is 69.6. The molecular weight excluding hydrogens is 875 g/mol. The van der Waals surface area contributed by atoms with E-state index in [-0.39, 0.29) is 18.5 Å². The van der Waals surface area contributed by atoms with Gasteiger partial charge in [0.25, 0.3) is 0 Å². The fourth-order valence-corrected chi connectivity index (χ4v) is 10.3. The minimum absolute atomic E-state index is 0.00177. The summed E-state index contributed by atoms with van der Waals surface area (Å²) in [5, 5.41) is 23.2. The van der Waals surface area contributed by atoms with Crippen molar-refractivity contribution in [1.82, 2.24) is 5.32 Å². The molecule has 0 aromatic rings. The second kappa shape index (κ2) is 61.1. The fraction of sp³-hybridized carbons (Fsp3) is 0.938. The normalized spacial score (nSPS) is 12.6. The molecule has 422 valence electrons. The number of allylic oxidation sites excluding steroid dienone is 1. The summed E-state index contributed by atoms with van der Waals surface area (Å²) in [6.07, 6.45) is 74.0. The highest BCUT2D eigenvalue weighted by atomic mass is 16.5. The Bertz CT molecular complexity index is 1060. The predicted octanol–water partition coefficient (Wildman–Crippen LogP) is 20.4. The van der Waals surface area contributed by atoms with Crippen LogP contribution in [0.3, 0.4) is 0 Å². The third-order valence-electron chi connectivity index (χ3n) is 15.3. The van der Waals surface area contributed by atoms with Gasteiger partial charge >= 0.3 is 5.97 Å². The van der Waals surface area contributed by atoms with Crippen LogP contribution in [0, 0.1) is 0 Å². The first-order chi connectivity index (χ1) is 35.0. The number of amides is 1. The topological polar surface area (TPSA) is 95.9 Å². The van der Waals surface area contributed by atoms with E-state index in [0.29, 0.717) is 19.4 Å². The maximum atomic E-state index is 12.5. The monoisotopic (exact) mass is 1000 g/mol. The number of rotatable bonds is 61. The lowest BCUT2D eigenvalue weighted by atomic mass is 10.0. The van der Waals surface area contributed by atoms with Crippen molar-refractivity contribution >= 4 is 11.9 Å². The molecule has 0 aromatic heterocycles. The van der Waals surface area contributed by atoms with Gasteiger partial charge < -0.3 is 20.3 Å². The smallest absolute Gasteiger partial charge is 0.305 e. The Kier molecular flexibility index (Phi) is 59.9. The van der Waals surface area contributed by atoms with Crippen molar-refractivity contribution in [2.24, 2.45) is 0 Å². The Balaban J connectivity index is 3.44. The molecule has 0 bridgehead atoms. The molecule has 3 N–H and O–H groups in total. The Morgan fingerprint density at radius 3 is 0.958 bits per heavy atom. The Hall–Kier alpha value is -1.40. The average molecular weight is 1000 g/mol. The van der Waals surface area contributed by atoms with E-state index in [9.17, 15) is 19.8 Å². The number of carbonyl (C=O) groups is 2. The van der Waals surface area contributed by atoms with Gasteiger partial charge in [-0.15, -0.1) is 0 Å². The summed E-state index contributed by atoms with van der Waals surface area (Å²) < 4.78 is 5.49. The van der Waals surface area contributed by atoms with Gasteiger partial charge in [0, 0.05) is 12.8 Å². The van der Waals surface area contributed by atoms with Crippen LogP contribution in [0.2, 0.25) is 0 Å². The van der Waals surface area contributed by atoms with Gasteiger partial charge in [0.15, 0.2) is 0 Å². The van der Waals surface area contributed by atoms with Crippen molar-refractivity contribution in [3.05, 3.63) is 12.2 Å². The van der Waals surface area contributed by atoms with Crippen LogP contribution in [0.5, 0.6) is 0 Å². The predicted molar refractivity (Wildman–Crippen MR) is 310 cm³/mol. The molecule has 0 saturated heterocycles. The van der Waals surface area contributed by atoms with Crippen molar-refractivity contribution in [2.75, 3.05) is 13.2 Å². The molecule has 0 radical (unpaired) electrons. The number of hydrogen-bond donors (Lipinski definition) is 3. The largest absolute Gasteiger partial charge is 0.466 e. The van der Waals surface area contributed by atoms with Crippen molar-refractivity contribution < 1.29 is 24.5 Å². The third-order valence-corrected chi connectivity index (χ3v) is 15.3. The molecule has 0 spiro atoms. The van der Waals surface area contributed by atoms with Gasteiger partial charge in [0.05, 0.1) is 25.4 Å². The maximum absolute atomic E-state index is 12.5. The lowest BCUT2D eigenvalue weighted by Gasteiger charge is -2.20. The average Bonchev–Trinajstić information content (AvgIpc) is 3.37. The van der Waals surface area contributed by atoms with E-state index < -0.39 is 12.1 Å². The zero-order valence-corrected chi connectivity index (χ0v) is 48.2. The number of esters is 1. The third kappa shape index (κ3) is 57.7. The van der Waals surface area contributed by atoms with Crippen molar-refractivity contribution in [3.8, 4) is 0 Å². The zero-order chi connectivity index (χ0) is 51.4. The fourth-order valence-electron chi connectivity index (χ4n) is 10.3. The molecule has 2 unspecified atom stereocenters. The number of carbonyl (C=O) groups excluding carboxylic acids is 2. The summed E-state index contributed by atoms with van der Waals surface area (Å²) in [6, 6.07) is -0.636. The molecule has 0 fully saturated rings. The van der Waals surface area contributed by atoms with Gasteiger partial charge in [0.1, 0.15) is 0 Å². The number of hydrogen-bond acceptors (Lipinski definition) is 5. The molecule has 2 atom stereocenters. The summed E-state index contributed by atoms with van der Waals surface area (Å²) in [6.45, 7) is 4.92. The van der Waals surface area contributed by atoms with Gasteiger partial charge in [0.2, 0.25) is 5.91 Å². The lowest BCUT2D eigenvalue weighted by Crippen LogP contribution is -2.45. The van der Waals surface area contributed by atoms with Crippen LogP contribution in [-0.4, -0.2) is 47.4 Å². The van der Waals surface area contributed by atoms with E-state index in [4.69, 9.17) is 4.74 Å². The Labute approximate surface area is 444 Å². The second-order valence-corrected chi connectivity index (χ2v) is 22.5. The second-order valence-electron chi connectivity index (χ2n) is 22.5. The van der Waals surface area contributed by atoms with Crippen molar-refractivity contribution in [2.45, 2.75) is 379 Å². The summed E-state index contributed by atoms with van der Waals surface area (Å²) in [4.78, 5) is 24.6. The van der Waals surface area contributed by atoms with E-state index in [0.717, 1.165) is 57.8 Å². The van der Waals surface area contributed by atoms with Gasteiger partial charge in [-0.3, -0.25) is 9.59 Å². The van der Waals surface area contributed by atoms with Crippen LogP contribution in [0.25, 0.3) is 0 Å². The van der Waals surface area contributed by atoms with E-state index in [2.05, 4.69) is 19.2 Å². The number of ether oxygens (including phenoxy) is 1. The van der Waals surface area contributed by atoms with E-state index >= 15 is 0 Å². The molecule has 1 amide bonds. The number of nitrogens with one attached hydrogen (secondary N) is 1. The standard InChI is InChI=1S/C65H127NO5/c1-3-5-7-9-11-13-15-17-19-21-22-23-24-25-26-28-29-33-37-41-45-49-53-57-63(68)62(61-67)66-64(69)58-54-50-46-42-38-34-31-32-36-40-44-48-52-56-60-71-65(70)59-55-51-47-43-39-35-30-27-20-18-16-14-12-10-8-6-4-2/h53,57,62-63,67-68H,3-52,54-56,58-61H2,1-2H3,(H,66,69)/b57-53+. The van der Waals surface area contributed by atoms with Crippen LogP contribution in [0.1, 0.15) is 367 Å². The molecule has 71 heavy (non-hydrogen) atoms. The molecule has 0 aromatic carbocycles. The summed E-state index contributed by atoms with van der Waals surface area (Å²) >= 11 is 0. The Morgan fingerprint density at radius 2 is 0.648 bits per heavy atom. The Morgan fingerprint density at radius 1 is 0.380 bits per heavy atom. The van der Waals surface area contributed by atoms with Crippen LogP contribution in [-0.2, 0) is 14.3 Å². The maximum Gasteiger partial charge on any atom is 0.305 e. The minimum Gasteiger partial charge on any atom is -0.466 e. The highest BCUT2D eigenvalue weighted by molar-refractivity contribution is 5.76. The summed E-state index contributed by atoms with van der Waals surface area (Å²) in [5.41, 5.74) is 0. The quantitative estimate of drug-likeness (QED) is 0.0320. The zero-order valence-electron chi connectivity index (χ0n) is 48.2. The van der Waals surface area contributed by atoms with E-state index in [1.54, 1.807) is 6.08 Å². The molecule has 0 aliphatic rings. The van der Waals surface area contributed by atoms with Crippen LogP contribution < -0.4 is 5.32 Å². The number of unbranched alkanes of at least 4 members (excludes halogenated alkanes) is 50. The van der Waals surface area contributed by atoms with Gasteiger partial charge in [-0.1, -0.05) is 334 Å². The molecule has 0 aliphatic heterocycles. The van der Waals surface area contributed by atoms with Gasteiger partial charge in [-0.25, -0.2) is 0 Å². The molecule has 0 saturated carbocycles. The van der Waals surface area contributed by atoms with Gasteiger partial charge in [-0.2, -0.15) is 0 Å². The van der Waals surface area contributed by atoms with Gasteiger partial charge in [-0.05, 0) is 32.1 Å². The molecule has 0 aliphatic carbocycles. The summed E-state index contributed by atoms with van der Waals surface area (Å²) in [5.74, 6) is -0.0720. The van der Waals surface area contributed by atoms with Crippen molar-refractivity contribution in [3.63, 3.8) is 0 Å². The van der Waals surface area contributed by atoms with Crippen LogP contribution >= 0.6 is 0 Å². The lowest BCUT2D eigenvalue weighted by molar-refractivity contribution is -0.143. The highest BCUT2D eigenvalue weighted by Crippen LogP contribution is 2.18. The SMILES string of the molecule is CCCCCCCCCCCCCCCCCCCCCCC/C=C/C(O)C(CO)NC(=O)CCCCCCCCCCCCCCCCOC(=O)CCCCCCCCCCCCCCCCCCC. The first-order valence-electron chi connectivity index (χ1n) is 32.5. The molecular formula is C65H127NO5. The number of aliphatic hydroxyl groups excluding tert-OH is 2. The first-order valence-corrected chi connectivity index (χ1v) is 32.5. The number of aliphatic hydroxyl groups is 2. The molecule has 6 heteroatoms. The molecule has 0 rings (SSSR count). The van der Waals surface area contributed by atoms with Crippen molar-refractivity contribution in [1.29, 1.82) is 0 Å². The summed E-state index contributed by atoms with van der Waals surface area (Å²) in [7, 11) is 0. The van der Waals surface area contributed by atoms with Crippen LogP contribution in [0.15, 0.2) is 12.2 Å². The molecule has 0 heterocycles. The van der Waals surface area contributed by atoms with Crippen LogP contribution in [0.4, 0.5) is 0 Å². The highest BCUT2D eigenvalue weighted by Gasteiger charge is 2.18. The van der Waals surface area contributed by atoms with E-state index in [1.807, 2.05) is 6.08 Å². The van der Waals surface area contributed by atoms with E-state index in [1.165, 1.54) is 283 Å². The minimum atomic E-state index is -0.852.